The van der Waals surface area contributed by atoms with Crippen LogP contribution in [0.25, 0.3) is 0 Å². The minimum Gasteiger partial charge on any atom is -0.492 e. The number of hydrogen-bond acceptors (Lipinski definition) is 2. The molecule has 1 atom stereocenters. The highest BCUT2D eigenvalue weighted by molar-refractivity contribution is 5.22. The fourth-order valence-electron chi connectivity index (χ4n) is 0.940. The molecule has 0 aromatic heterocycles. The molecule has 2 heteroatoms. The molecule has 0 aliphatic carbocycles. The van der Waals surface area contributed by atoms with Crippen LogP contribution >= 0.6 is 0 Å². The van der Waals surface area contributed by atoms with Crippen LogP contribution < -0.4 is 0 Å². The van der Waals surface area contributed by atoms with Crippen LogP contribution in [0, 0.1) is 0 Å². The summed E-state index contributed by atoms with van der Waals surface area (Å²) in [4.78, 5) is 0. The third-order valence-electron chi connectivity index (χ3n) is 2.47. The van der Waals surface area contributed by atoms with Crippen molar-refractivity contribution in [1.82, 2.24) is 0 Å². The van der Waals surface area contributed by atoms with Crippen molar-refractivity contribution in [2.45, 2.75) is 38.9 Å². The van der Waals surface area contributed by atoms with E-state index in [-0.39, 0.29) is 0 Å². The highest BCUT2D eigenvalue weighted by Gasteiger charge is 2.46. The largest absolute Gasteiger partial charge is 0.492 e. The van der Waals surface area contributed by atoms with E-state index < -0.39 is 11.2 Å². The van der Waals surface area contributed by atoms with Gasteiger partial charge in [-0.05, 0) is 33.3 Å². The second kappa shape index (κ2) is 1.76. The zero-order valence-electron chi connectivity index (χ0n) is 6.93. The van der Waals surface area contributed by atoms with Crippen molar-refractivity contribution in [3.8, 4) is 0 Å². The molecular weight excluding hydrogens is 128 g/mol. The van der Waals surface area contributed by atoms with Gasteiger partial charge < -0.3 is 9.84 Å². The van der Waals surface area contributed by atoms with Crippen LogP contribution in [0.3, 0.4) is 0 Å². The first-order valence-electron chi connectivity index (χ1n) is 3.45. The molecule has 1 N–H and O–H groups in total. The van der Waals surface area contributed by atoms with E-state index >= 15 is 0 Å². The van der Waals surface area contributed by atoms with Gasteiger partial charge in [0.15, 0.2) is 0 Å². The lowest BCUT2D eigenvalue weighted by atomic mass is 9.84. The summed E-state index contributed by atoms with van der Waals surface area (Å²) < 4.78 is 5.26. The second-order valence-corrected chi connectivity index (χ2v) is 3.50. The van der Waals surface area contributed by atoms with E-state index in [9.17, 15) is 5.11 Å². The third kappa shape index (κ3) is 0.754. The van der Waals surface area contributed by atoms with E-state index in [1.165, 1.54) is 0 Å². The Hall–Kier alpha value is -0.500. The maximum Gasteiger partial charge on any atom is 0.135 e. The average molecular weight is 142 g/mol. The lowest BCUT2D eigenvalue weighted by Crippen LogP contribution is -2.45. The highest BCUT2D eigenvalue weighted by Crippen LogP contribution is 2.37. The zero-order valence-corrected chi connectivity index (χ0v) is 6.93. The molecule has 1 aliphatic heterocycles. The van der Waals surface area contributed by atoms with E-state index in [4.69, 9.17) is 4.74 Å². The molecule has 0 radical (unpaired) electrons. The molecule has 10 heavy (non-hydrogen) atoms. The van der Waals surface area contributed by atoms with Gasteiger partial charge in [0.05, 0.1) is 6.26 Å². The minimum atomic E-state index is -0.812. The Labute approximate surface area is 61.5 Å². The lowest BCUT2D eigenvalue weighted by Gasteiger charge is -2.32. The quantitative estimate of drug-likeness (QED) is 0.554. The Morgan fingerprint density at radius 3 is 2.00 bits per heavy atom. The van der Waals surface area contributed by atoms with Crippen molar-refractivity contribution in [1.29, 1.82) is 0 Å². The topological polar surface area (TPSA) is 29.5 Å². The molecule has 0 saturated carbocycles. The van der Waals surface area contributed by atoms with Crippen molar-refractivity contribution in [2.75, 3.05) is 0 Å². The van der Waals surface area contributed by atoms with Crippen molar-refractivity contribution >= 4 is 0 Å². The zero-order chi connectivity index (χ0) is 7.99. The predicted molar refractivity (Wildman–Crippen MR) is 39.5 cm³/mol. The van der Waals surface area contributed by atoms with Gasteiger partial charge in [0.1, 0.15) is 11.2 Å². The maximum atomic E-state index is 9.80. The molecule has 0 bridgehead atoms. The van der Waals surface area contributed by atoms with Gasteiger partial charge in [0.2, 0.25) is 0 Å². The van der Waals surface area contributed by atoms with Gasteiger partial charge in [0, 0.05) is 0 Å². The smallest absolute Gasteiger partial charge is 0.135 e. The van der Waals surface area contributed by atoms with Crippen LogP contribution in [0.2, 0.25) is 0 Å². The summed E-state index contributed by atoms with van der Waals surface area (Å²) in [5.74, 6) is 0. The highest BCUT2D eigenvalue weighted by atomic mass is 16.5. The Balaban J connectivity index is 2.96. The molecule has 1 rings (SSSR count). The first kappa shape index (κ1) is 7.61. The maximum absolute atomic E-state index is 9.80. The van der Waals surface area contributed by atoms with Crippen LogP contribution in [-0.2, 0) is 4.74 Å². The Kier molecular flexibility index (Phi) is 1.34. The monoisotopic (exact) mass is 142 g/mol. The third-order valence-corrected chi connectivity index (χ3v) is 2.47. The van der Waals surface area contributed by atoms with Crippen molar-refractivity contribution in [3.63, 3.8) is 0 Å². The molecule has 0 aromatic rings. The molecule has 0 aromatic carbocycles. The predicted octanol–water partition coefficient (Wildman–Crippen LogP) is 1.45. The molecule has 0 spiro atoms. The SMILES string of the molecule is CC1=COC(C)(C)C1(C)O. The molecule has 0 amide bonds. The summed E-state index contributed by atoms with van der Waals surface area (Å²) in [7, 11) is 0. The van der Waals surface area contributed by atoms with Gasteiger partial charge in [-0.25, -0.2) is 0 Å². The van der Waals surface area contributed by atoms with E-state index in [0.717, 1.165) is 5.57 Å². The molecular formula is C8H14O2. The molecule has 1 aliphatic rings. The molecule has 2 nitrogen and oxygen atoms in total. The fourth-order valence-corrected chi connectivity index (χ4v) is 0.940. The Morgan fingerprint density at radius 2 is 1.90 bits per heavy atom. The summed E-state index contributed by atoms with van der Waals surface area (Å²) in [6, 6.07) is 0. The van der Waals surface area contributed by atoms with Gasteiger partial charge in [-0.1, -0.05) is 0 Å². The molecule has 58 valence electrons. The number of rotatable bonds is 0. The van der Waals surface area contributed by atoms with Gasteiger partial charge in [-0.2, -0.15) is 0 Å². The molecule has 1 heterocycles. The number of hydrogen-bond donors (Lipinski definition) is 1. The first-order chi connectivity index (χ1) is 4.38. The van der Waals surface area contributed by atoms with Gasteiger partial charge in [-0.3, -0.25) is 0 Å². The summed E-state index contributed by atoms with van der Waals surface area (Å²) in [5, 5.41) is 9.80. The van der Waals surface area contributed by atoms with E-state index in [2.05, 4.69) is 0 Å². The van der Waals surface area contributed by atoms with Crippen molar-refractivity contribution in [3.05, 3.63) is 11.8 Å². The van der Waals surface area contributed by atoms with Gasteiger partial charge in [-0.15, -0.1) is 0 Å². The van der Waals surface area contributed by atoms with Crippen LogP contribution in [0.4, 0.5) is 0 Å². The van der Waals surface area contributed by atoms with Crippen molar-refractivity contribution in [2.24, 2.45) is 0 Å². The van der Waals surface area contributed by atoms with Gasteiger partial charge >= 0.3 is 0 Å². The second-order valence-electron chi connectivity index (χ2n) is 3.50. The van der Waals surface area contributed by atoms with Crippen LogP contribution in [-0.4, -0.2) is 16.3 Å². The standard InChI is InChI=1S/C8H14O2/c1-6-5-10-7(2,3)8(6,4)9/h5,9H,1-4H3. The van der Waals surface area contributed by atoms with E-state index in [0.29, 0.717) is 0 Å². The van der Waals surface area contributed by atoms with Crippen molar-refractivity contribution < 1.29 is 9.84 Å². The minimum absolute atomic E-state index is 0.475. The first-order valence-corrected chi connectivity index (χ1v) is 3.45. The van der Waals surface area contributed by atoms with E-state index in [1.807, 2.05) is 20.8 Å². The average Bonchev–Trinajstić information content (AvgIpc) is 1.94. The fraction of sp³-hybridized carbons (Fsp3) is 0.750. The molecule has 0 fully saturated rings. The lowest BCUT2D eigenvalue weighted by molar-refractivity contribution is -0.0743. The summed E-state index contributed by atoms with van der Waals surface area (Å²) in [5.41, 5.74) is -0.401. The summed E-state index contributed by atoms with van der Waals surface area (Å²) >= 11 is 0. The summed E-state index contributed by atoms with van der Waals surface area (Å²) in [6.07, 6.45) is 1.62. The normalized spacial score (nSPS) is 37.1. The Morgan fingerprint density at radius 1 is 1.40 bits per heavy atom. The number of aliphatic hydroxyl groups is 1. The molecule has 0 saturated heterocycles. The molecule has 1 unspecified atom stereocenters. The van der Waals surface area contributed by atoms with Gasteiger partial charge in [0.25, 0.3) is 0 Å². The Bertz CT molecular complexity index is 178. The summed E-state index contributed by atoms with van der Waals surface area (Å²) in [6.45, 7) is 7.39. The van der Waals surface area contributed by atoms with Crippen LogP contribution in [0.15, 0.2) is 11.8 Å². The van der Waals surface area contributed by atoms with Crippen LogP contribution in [0.1, 0.15) is 27.7 Å². The number of ether oxygens (including phenoxy) is 1. The van der Waals surface area contributed by atoms with E-state index in [1.54, 1.807) is 13.2 Å². The van der Waals surface area contributed by atoms with Crippen LogP contribution in [0.5, 0.6) is 0 Å².